The molecule has 2 aromatic heterocycles. The molecule has 0 saturated heterocycles. The molecule has 0 amide bonds. The van der Waals surface area contributed by atoms with Crippen molar-refractivity contribution in [2.75, 3.05) is 0 Å². The summed E-state index contributed by atoms with van der Waals surface area (Å²) in [6, 6.07) is 24.6. The summed E-state index contributed by atoms with van der Waals surface area (Å²) in [6.45, 7) is 8.44. The molecule has 0 radical (unpaired) electrons. The topological polar surface area (TPSA) is 80.2 Å². The van der Waals surface area contributed by atoms with Gasteiger partial charge in [-0.2, -0.15) is 0 Å². The molecular weight excluding hydrogens is 596 g/mol. The Bertz CT molecular complexity index is 1800. The van der Waals surface area contributed by atoms with E-state index >= 15 is 4.39 Å². The van der Waals surface area contributed by atoms with E-state index in [0.29, 0.717) is 21.8 Å². The van der Waals surface area contributed by atoms with Gasteiger partial charge in [0.05, 0.1) is 10.8 Å². The van der Waals surface area contributed by atoms with Crippen LogP contribution in [-0.4, -0.2) is 26.8 Å². The molecule has 5 rings (SSSR count). The molecule has 1 N–H and O–H groups in total. The van der Waals surface area contributed by atoms with Gasteiger partial charge in [-0.15, -0.1) is 11.3 Å². The highest BCUT2D eigenvalue weighted by Gasteiger charge is 2.25. The lowest BCUT2D eigenvalue weighted by atomic mass is 9.93. The maximum Gasteiger partial charge on any atom is 0.307 e. The number of nitrogens with zero attached hydrogens (tertiary/aromatic N) is 2. The molecule has 1 atom stereocenters. The van der Waals surface area contributed by atoms with E-state index in [9.17, 15) is 14.7 Å². The van der Waals surface area contributed by atoms with Crippen LogP contribution in [-0.2, 0) is 23.1 Å². The number of unbranched alkanes of at least 4 members (excludes halogenated alkanes) is 1. The molecule has 7 heteroatoms. The highest BCUT2D eigenvalue weighted by atomic mass is 32.1. The van der Waals surface area contributed by atoms with E-state index in [1.165, 1.54) is 16.9 Å². The van der Waals surface area contributed by atoms with Crippen molar-refractivity contribution in [2.45, 2.75) is 65.2 Å². The van der Waals surface area contributed by atoms with Crippen LogP contribution in [0.1, 0.15) is 72.6 Å². The average Bonchev–Trinajstić information content (AvgIpc) is 3.56. The third-order valence-corrected chi connectivity index (χ3v) is 9.69. The lowest BCUT2D eigenvalue weighted by Crippen LogP contribution is -2.20. The predicted octanol–water partition coefficient (Wildman–Crippen LogP) is 9.83. The Morgan fingerprint density at radius 2 is 1.46 bits per heavy atom. The first-order valence-corrected chi connectivity index (χ1v) is 16.5. The molecular formula is C39H39FN2O3S. The van der Waals surface area contributed by atoms with Crippen molar-refractivity contribution in [3.05, 3.63) is 118 Å². The van der Waals surface area contributed by atoms with Crippen molar-refractivity contribution >= 4 is 23.1 Å². The second-order valence-corrected chi connectivity index (χ2v) is 13.9. The number of aliphatic carboxylic acids is 1. The van der Waals surface area contributed by atoms with E-state index in [4.69, 9.17) is 0 Å². The van der Waals surface area contributed by atoms with Crippen molar-refractivity contribution in [3.63, 3.8) is 0 Å². The normalized spacial score (nSPS) is 12.2. The number of carbonyl (C=O) groups is 2. The molecule has 0 aliphatic rings. The Morgan fingerprint density at radius 3 is 2.04 bits per heavy atom. The molecule has 0 spiro atoms. The monoisotopic (exact) mass is 634 g/mol. The number of aromatic nitrogens is 2. The number of carbonyl (C=O) groups excluding carboxylic acids is 1. The minimum Gasteiger partial charge on any atom is -0.481 e. The van der Waals surface area contributed by atoms with Crippen LogP contribution < -0.4 is 0 Å². The quantitative estimate of drug-likeness (QED) is 0.138. The molecule has 3 aromatic carbocycles. The van der Waals surface area contributed by atoms with Gasteiger partial charge in [0, 0.05) is 40.4 Å². The summed E-state index contributed by atoms with van der Waals surface area (Å²) in [5, 5.41) is 9.85. The molecule has 5 aromatic rings. The average molecular weight is 635 g/mol. The predicted molar refractivity (Wildman–Crippen MR) is 184 cm³/mol. The van der Waals surface area contributed by atoms with Crippen molar-refractivity contribution < 1.29 is 19.1 Å². The maximum atomic E-state index is 15.2. The molecule has 0 aliphatic heterocycles. The van der Waals surface area contributed by atoms with Gasteiger partial charge >= 0.3 is 5.97 Å². The molecule has 0 bridgehead atoms. The Labute approximate surface area is 274 Å². The van der Waals surface area contributed by atoms with Crippen molar-refractivity contribution in [1.82, 2.24) is 9.97 Å². The van der Waals surface area contributed by atoms with Gasteiger partial charge < -0.3 is 5.11 Å². The van der Waals surface area contributed by atoms with E-state index in [2.05, 4.69) is 49.8 Å². The molecule has 0 saturated carbocycles. The number of benzene rings is 3. The largest absolute Gasteiger partial charge is 0.481 e. The highest BCUT2D eigenvalue weighted by Crippen LogP contribution is 2.32. The van der Waals surface area contributed by atoms with Crippen LogP contribution in [0.15, 0.2) is 91.3 Å². The number of Topliss-reactive ketones (excluding diaryl/α,β-unsaturated/α-hetero) is 1. The van der Waals surface area contributed by atoms with Gasteiger partial charge in [0.2, 0.25) is 0 Å². The molecule has 0 unspecified atom stereocenters. The number of thiophene rings is 1. The van der Waals surface area contributed by atoms with Crippen molar-refractivity contribution in [3.8, 4) is 33.6 Å². The summed E-state index contributed by atoms with van der Waals surface area (Å²) in [7, 11) is 0. The van der Waals surface area contributed by atoms with Crippen LogP contribution >= 0.6 is 11.3 Å². The first-order chi connectivity index (χ1) is 22.0. The number of hydrogen-bond acceptors (Lipinski definition) is 5. The number of rotatable bonds is 12. The third kappa shape index (κ3) is 8.01. The fraction of sp³-hybridized carbons (Fsp3) is 0.282. The fourth-order valence-corrected chi connectivity index (χ4v) is 6.34. The minimum atomic E-state index is -0.996. The van der Waals surface area contributed by atoms with Crippen LogP contribution in [0.2, 0.25) is 0 Å². The zero-order chi connectivity index (χ0) is 32.8. The Morgan fingerprint density at radius 1 is 0.826 bits per heavy atom. The summed E-state index contributed by atoms with van der Waals surface area (Å²) in [4.78, 5) is 35.6. The summed E-state index contributed by atoms with van der Waals surface area (Å²) in [5.74, 6) is -1.84. The zero-order valence-corrected chi connectivity index (χ0v) is 27.5. The van der Waals surface area contributed by atoms with Gasteiger partial charge in [-0.3, -0.25) is 9.59 Å². The SMILES string of the molecule is CCCCc1ccc(-c2ccc(-c3cnc(-c4ccc(C[C@H](CC(=O)c5ccc(C(C)(C)C)s5)C(=O)O)cc4)nc3)c(F)c2)cc1. The molecule has 46 heavy (non-hydrogen) atoms. The van der Waals surface area contributed by atoms with Gasteiger partial charge in [0.15, 0.2) is 11.6 Å². The maximum absolute atomic E-state index is 15.2. The summed E-state index contributed by atoms with van der Waals surface area (Å²) < 4.78 is 15.2. The van der Waals surface area contributed by atoms with E-state index in [0.717, 1.165) is 46.4 Å². The van der Waals surface area contributed by atoms with E-state index < -0.39 is 11.9 Å². The van der Waals surface area contributed by atoms with Crippen molar-refractivity contribution in [1.29, 1.82) is 0 Å². The van der Waals surface area contributed by atoms with E-state index in [1.807, 2.05) is 48.5 Å². The molecule has 2 heterocycles. The highest BCUT2D eigenvalue weighted by molar-refractivity contribution is 7.14. The van der Waals surface area contributed by atoms with E-state index in [-0.39, 0.29) is 29.9 Å². The smallest absolute Gasteiger partial charge is 0.307 e. The lowest BCUT2D eigenvalue weighted by Gasteiger charge is -2.15. The van der Waals surface area contributed by atoms with Crippen LogP contribution in [0.4, 0.5) is 4.39 Å². The van der Waals surface area contributed by atoms with E-state index in [1.54, 1.807) is 30.6 Å². The lowest BCUT2D eigenvalue weighted by molar-refractivity contribution is -0.141. The summed E-state index contributed by atoms with van der Waals surface area (Å²) in [5.41, 5.74) is 5.57. The number of carboxylic acids is 1. The first kappa shape index (κ1) is 32.9. The summed E-state index contributed by atoms with van der Waals surface area (Å²) >= 11 is 1.43. The molecule has 0 aliphatic carbocycles. The second-order valence-electron chi connectivity index (χ2n) is 12.8. The Kier molecular flexibility index (Phi) is 10.2. The van der Waals surface area contributed by atoms with Gasteiger partial charge in [0.25, 0.3) is 0 Å². The van der Waals surface area contributed by atoms with Gasteiger partial charge in [-0.1, -0.05) is 94.8 Å². The van der Waals surface area contributed by atoms with Gasteiger partial charge in [0.1, 0.15) is 5.82 Å². The summed E-state index contributed by atoms with van der Waals surface area (Å²) in [6.07, 6.45) is 6.75. The fourth-order valence-electron chi connectivity index (χ4n) is 5.33. The van der Waals surface area contributed by atoms with Crippen LogP contribution in [0, 0.1) is 11.7 Å². The third-order valence-electron chi connectivity index (χ3n) is 8.13. The van der Waals surface area contributed by atoms with Gasteiger partial charge in [-0.25, -0.2) is 14.4 Å². The molecule has 5 nitrogen and oxygen atoms in total. The van der Waals surface area contributed by atoms with Crippen LogP contribution in [0.25, 0.3) is 33.6 Å². The number of hydrogen-bond donors (Lipinski definition) is 1. The van der Waals surface area contributed by atoms with Gasteiger partial charge in [-0.05, 0) is 65.1 Å². The Hall–Kier alpha value is -4.49. The number of carboxylic acid groups (broad SMARTS) is 1. The molecule has 0 fully saturated rings. The minimum absolute atomic E-state index is 0.0609. The second kappa shape index (κ2) is 14.3. The number of halogens is 1. The number of ketones is 1. The first-order valence-electron chi connectivity index (χ1n) is 15.7. The van der Waals surface area contributed by atoms with Crippen LogP contribution in [0.5, 0.6) is 0 Å². The van der Waals surface area contributed by atoms with Crippen LogP contribution in [0.3, 0.4) is 0 Å². The number of aryl methyl sites for hydroxylation is 1. The Balaban J connectivity index is 1.23. The zero-order valence-electron chi connectivity index (χ0n) is 26.7. The molecule has 236 valence electrons. The van der Waals surface area contributed by atoms with Crippen molar-refractivity contribution in [2.24, 2.45) is 5.92 Å². The standard InChI is InChI=1S/C39H39FN2O3S/c1-5-6-7-25-8-12-27(13-9-25)29-16-17-32(33(40)21-29)31-23-41-37(42-24-31)28-14-10-26(11-15-28)20-30(38(44)45)22-34(43)35-18-19-36(46-35)39(2,3)4/h8-19,21,23-24,30H,5-7,20,22H2,1-4H3,(H,44,45)/t30-/m1/s1.